The Morgan fingerprint density at radius 3 is 2.53 bits per heavy atom. The van der Waals surface area contributed by atoms with Crippen LogP contribution in [0.5, 0.6) is 5.88 Å². The molecule has 1 aromatic heterocycles. The van der Waals surface area contributed by atoms with Crippen LogP contribution >= 0.6 is 0 Å². The van der Waals surface area contributed by atoms with Crippen LogP contribution in [-0.4, -0.2) is 48.7 Å². The monoisotopic (exact) mass is 266 g/mol. The fourth-order valence-electron chi connectivity index (χ4n) is 1.68. The fourth-order valence-corrected chi connectivity index (χ4v) is 1.68. The number of ether oxygens (including phenoxy) is 1. The van der Waals surface area contributed by atoms with Crippen LogP contribution in [0.2, 0.25) is 0 Å². The molecule has 0 aliphatic carbocycles. The van der Waals surface area contributed by atoms with Crippen molar-refractivity contribution in [3.05, 3.63) is 11.4 Å². The van der Waals surface area contributed by atoms with Gasteiger partial charge in [-0.3, -0.25) is 0 Å². The summed E-state index contributed by atoms with van der Waals surface area (Å²) in [4.78, 5) is 11.1. The zero-order valence-corrected chi connectivity index (χ0v) is 12.8. The molecule has 0 bridgehead atoms. The van der Waals surface area contributed by atoms with E-state index in [-0.39, 0.29) is 0 Å². The highest BCUT2D eigenvalue weighted by Gasteiger charge is 2.11. The lowest BCUT2D eigenvalue weighted by Crippen LogP contribution is -2.20. The fraction of sp³-hybridized carbons (Fsp3) is 0.714. The number of aryl methyl sites for hydroxylation is 1. The molecule has 0 aromatic carbocycles. The van der Waals surface area contributed by atoms with Gasteiger partial charge in [0.25, 0.3) is 0 Å². The molecule has 0 saturated heterocycles. The van der Waals surface area contributed by atoms with Crippen LogP contribution in [0.3, 0.4) is 0 Å². The van der Waals surface area contributed by atoms with E-state index in [9.17, 15) is 0 Å². The minimum atomic E-state index is 0.641. The third kappa shape index (κ3) is 5.03. The summed E-state index contributed by atoms with van der Waals surface area (Å²) in [6, 6.07) is 0. The van der Waals surface area contributed by atoms with Gasteiger partial charge in [-0.2, -0.15) is 4.98 Å². The lowest BCUT2D eigenvalue weighted by atomic mass is 10.2. The van der Waals surface area contributed by atoms with Crippen LogP contribution in [0.25, 0.3) is 0 Å². The van der Waals surface area contributed by atoms with Gasteiger partial charge in [0.05, 0.1) is 5.56 Å². The molecule has 0 aliphatic rings. The Bertz CT molecular complexity index is 393. The molecule has 0 spiro atoms. The Morgan fingerprint density at radius 1 is 1.21 bits per heavy atom. The minimum Gasteiger partial charge on any atom is -0.476 e. The first-order valence-corrected chi connectivity index (χ1v) is 6.97. The summed E-state index contributed by atoms with van der Waals surface area (Å²) < 4.78 is 5.79. The van der Waals surface area contributed by atoms with Gasteiger partial charge in [0.1, 0.15) is 18.2 Å². The normalized spacial score (nSPS) is 10.8. The van der Waals surface area contributed by atoms with Crippen molar-refractivity contribution in [1.29, 1.82) is 0 Å². The molecule has 0 amide bonds. The molecule has 0 aliphatic heterocycles. The number of nitrogens with one attached hydrogen (secondary N) is 1. The van der Waals surface area contributed by atoms with E-state index >= 15 is 0 Å². The summed E-state index contributed by atoms with van der Waals surface area (Å²) in [5, 5.41) is 3.27. The number of anilines is 1. The molecule has 108 valence electrons. The van der Waals surface area contributed by atoms with Gasteiger partial charge in [0.15, 0.2) is 0 Å². The van der Waals surface area contributed by atoms with Crippen LogP contribution in [0.1, 0.15) is 31.7 Å². The lowest BCUT2D eigenvalue weighted by molar-refractivity contribution is 0.251. The predicted octanol–water partition coefficient (Wildman–Crippen LogP) is 2.11. The summed E-state index contributed by atoms with van der Waals surface area (Å²) in [6.45, 7) is 8.56. The molecule has 0 atom stereocenters. The summed E-state index contributed by atoms with van der Waals surface area (Å²) in [5.41, 5.74) is 0.987. The quantitative estimate of drug-likeness (QED) is 0.781. The first-order chi connectivity index (χ1) is 9.08. The number of nitrogens with zero attached hydrogens (tertiary/aromatic N) is 3. The van der Waals surface area contributed by atoms with Crippen LogP contribution in [0.15, 0.2) is 0 Å². The van der Waals surface area contributed by atoms with Crippen molar-refractivity contribution in [3.8, 4) is 5.88 Å². The van der Waals surface area contributed by atoms with E-state index in [2.05, 4.69) is 34.0 Å². The molecule has 0 saturated carbocycles. The largest absolute Gasteiger partial charge is 0.476 e. The van der Waals surface area contributed by atoms with E-state index in [4.69, 9.17) is 4.74 Å². The molecular weight excluding hydrogens is 240 g/mol. The second-order valence-electron chi connectivity index (χ2n) is 4.85. The Kier molecular flexibility index (Phi) is 6.56. The zero-order chi connectivity index (χ0) is 14.3. The molecule has 0 radical (unpaired) electrons. The molecule has 1 aromatic rings. The van der Waals surface area contributed by atoms with Crippen LogP contribution in [0.4, 0.5) is 5.82 Å². The SMILES string of the molecule is CCCc1nc(NCC)c(C)c(OCCN(C)C)n1. The molecule has 1 N–H and O–H groups in total. The van der Waals surface area contributed by atoms with Gasteiger partial charge in [-0.15, -0.1) is 0 Å². The predicted molar refractivity (Wildman–Crippen MR) is 79.0 cm³/mol. The average molecular weight is 266 g/mol. The maximum Gasteiger partial charge on any atom is 0.221 e. The number of aromatic nitrogens is 2. The summed E-state index contributed by atoms with van der Waals surface area (Å²) >= 11 is 0. The van der Waals surface area contributed by atoms with Crippen molar-refractivity contribution >= 4 is 5.82 Å². The molecule has 1 heterocycles. The third-order valence-electron chi connectivity index (χ3n) is 2.74. The van der Waals surface area contributed by atoms with E-state index in [1.807, 2.05) is 21.0 Å². The molecule has 5 heteroatoms. The molecule has 1 rings (SSSR count). The highest BCUT2D eigenvalue weighted by molar-refractivity contribution is 5.48. The van der Waals surface area contributed by atoms with Crippen molar-refractivity contribution in [2.75, 3.05) is 39.1 Å². The van der Waals surface area contributed by atoms with E-state index in [1.54, 1.807) is 0 Å². The van der Waals surface area contributed by atoms with Gasteiger partial charge < -0.3 is 15.0 Å². The maximum atomic E-state index is 5.79. The Balaban J connectivity index is 2.86. The Morgan fingerprint density at radius 2 is 1.95 bits per heavy atom. The van der Waals surface area contributed by atoms with E-state index in [0.717, 1.165) is 43.1 Å². The molecule has 5 nitrogen and oxygen atoms in total. The van der Waals surface area contributed by atoms with Crippen LogP contribution in [-0.2, 0) is 6.42 Å². The summed E-state index contributed by atoms with van der Waals surface area (Å²) in [6.07, 6.45) is 1.91. The highest BCUT2D eigenvalue weighted by Crippen LogP contribution is 2.22. The lowest BCUT2D eigenvalue weighted by Gasteiger charge is -2.15. The van der Waals surface area contributed by atoms with Crippen LogP contribution < -0.4 is 10.1 Å². The van der Waals surface area contributed by atoms with Crippen molar-refractivity contribution in [2.45, 2.75) is 33.6 Å². The van der Waals surface area contributed by atoms with Gasteiger partial charge in [-0.1, -0.05) is 6.92 Å². The van der Waals surface area contributed by atoms with Gasteiger partial charge >= 0.3 is 0 Å². The molecule has 19 heavy (non-hydrogen) atoms. The van der Waals surface area contributed by atoms with Gasteiger partial charge in [0, 0.05) is 19.5 Å². The van der Waals surface area contributed by atoms with Crippen molar-refractivity contribution in [1.82, 2.24) is 14.9 Å². The minimum absolute atomic E-state index is 0.641. The average Bonchev–Trinajstić information content (AvgIpc) is 2.34. The Labute approximate surface area is 116 Å². The van der Waals surface area contributed by atoms with E-state index < -0.39 is 0 Å². The second-order valence-corrected chi connectivity index (χ2v) is 4.85. The molecular formula is C14H26N4O. The van der Waals surface area contributed by atoms with Gasteiger partial charge in [-0.25, -0.2) is 4.98 Å². The van der Waals surface area contributed by atoms with Gasteiger partial charge in [0.2, 0.25) is 5.88 Å². The van der Waals surface area contributed by atoms with Crippen molar-refractivity contribution in [3.63, 3.8) is 0 Å². The first-order valence-electron chi connectivity index (χ1n) is 6.97. The standard InChI is InChI=1S/C14H26N4O/c1-6-8-12-16-13(15-7-2)11(3)14(17-12)19-10-9-18(4)5/h6-10H2,1-5H3,(H,15,16,17). The van der Waals surface area contributed by atoms with E-state index in [0.29, 0.717) is 12.5 Å². The second kappa shape index (κ2) is 7.94. The Hall–Kier alpha value is -1.36. The number of hydrogen-bond acceptors (Lipinski definition) is 5. The molecule has 0 unspecified atom stereocenters. The first kappa shape index (κ1) is 15.7. The maximum absolute atomic E-state index is 5.79. The van der Waals surface area contributed by atoms with Crippen molar-refractivity contribution < 1.29 is 4.74 Å². The van der Waals surface area contributed by atoms with Gasteiger partial charge in [-0.05, 0) is 34.4 Å². The van der Waals surface area contributed by atoms with E-state index in [1.165, 1.54) is 0 Å². The van der Waals surface area contributed by atoms with Crippen molar-refractivity contribution in [2.24, 2.45) is 0 Å². The zero-order valence-electron chi connectivity index (χ0n) is 12.8. The topological polar surface area (TPSA) is 50.3 Å². The number of rotatable bonds is 8. The summed E-state index contributed by atoms with van der Waals surface area (Å²) in [5.74, 6) is 2.45. The number of likely N-dealkylation sites (N-methyl/N-ethyl adjacent to an activating group) is 1. The third-order valence-corrected chi connectivity index (χ3v) is 2.74. The molecule has 0 fully saturated rings. The number of hydrogen-bond donors (Lipinski definition) is 1. The highest BCUT2D eigenvalue weighted by atomic mass is 16.5. The smallest absolute Gasteiger partial charge is 0.221 e. The summed E-state index contributed by atoms with van der Waals surface area (Å²) in [7, 11) is 4.06. The van der Waals surface area contributed by atoms with Crippen LogP contribution in [0, 0.1) is 6.92 Å².